The van der Waals surface area contributed by atoms with Gasteiger partial charge in [-0.15, -0.1) is 10.2 Å². The highest BCUT2D eigenvalue weighted by molar-refractivity contribution is 5.84. The van der Waals surface area contributed by atoms with Crippen molar-refractivity contribution in [3.63, 3.8) is 0 Å². The molecule has 0 bridgehead atoms. The number of carboxylic acid groups (broad SMARTS) is 1. The molecule has 1 saturated heterocycles. The van der Waals surface area contributed by atoms with Gasteiger partial charge in [0, 0.05) is 24.9 Å². The molecule has 1 N–H and O–H groups in total. The largest absolute Gasteiger partial charge is 0.480 e. The number of aliphatic carboxylic acids is 1. The third-order valence-electron chi connectivity index (χ3n) is 3.77. The van der Waals surface area contributed by atoms with Gasteiger partial charge in [-0.1, -0.05) is 18.2 Å². The first-order valence-electron chi connectivity index (χ1n) is 7.63. The van der Waals surface area contributed by atoms with Crippen molar-refractivity contribution < 1.29 is 23.8 Å². The maximum atomic E-state index is 12.3. The first-order valence-corrected chi connectivity index (χ1v) is 7.63. The fourth-order valence-electron chi connectivity index (χ4n) is 2.52. The molecule has 0 spiro atoms. The molecule has 1 aliphatic rings. The fourth-order valence-corrected chi connectivity index (χ4v) is 2.52. The Hall–Kier alpha value is -2.74. The van der Waals surface area contributed by atoms with Crippen LogP contribution in [0.15, 0.2) is 34.7 Å². The summed E-state index contributed by atoms with van der Waals surface area (Å²) in [6.07, 6.45) is 0.378. The summed E-state index contributed by atoms with van der Waals surface area (Å²) in [7, 11) is 0. The number of rotatable bonds is 5. The number of aromatic nitrogens is 2. The van der Waals surface area contributed by atoms with Crippen molar-refractivity contribution in [1.82, 2.24) is 15.1 Å². The van der Waals surface area contributed by atoms with Gasteiger partial charge in [0.25, 0.3) is 0 Å². The second kappa shape index (κ2) is 7.22. The average molecular weight is 331 g/mol. The Morgan fingerprint density at radius 3 is 2.79 bits per heavy atom. The molecule has 1 aromatic carbocycles. The molecular formula is C16H17N3O5. The van der Waals surface area contributed by atoms with Gasteiger partial charge in [0.2, 0.25) is 17.7 Å². The molecule has 1 amide bonds. The average Bonchev–Trinajstić information content (AvgIpc) is 3.09. The van der Waals surface area contributed by atoms with Gasteiger partial charge in [-0.25, -0.2) is 4.79 Å². The number of morpholine rings is 1. The van der Waals surface area contributed by atoms with Crippen LogP contribution < -0.4 is 0 Å². The van der Waals surface area contributed by atoms with E-state index >= 15 is 0 Å². The van der Waals surface area contributed by atoms with Crippen molar-refractivity contribution in [2.75, 3.05) is 19.8 Å². The topological polar surface area (TPSA) is 106 Å². The lowest BCUT2D eigenvalue weighted by Gasteiger charge is -2.32. The summed E-state index contributed by atoms with van der Waals surface area (Å²) in [5.74, 6) is -0.576. The van der Waals surface area contributed by atoms with Gasteiger partial charge >= 0.3 is 5.97 Å². The molecule has 0 unspecified atom stereocenters. The standard InChI is InChI=1S/C16H17N3O5/c20-14(19-8-9-23-10-12(19)16(21)22)7-6-13-17-18-15(24-13)11-4-2-1-3-5-11/h1-5,12H,6-10H2,(H,21,22)/t12-/m0/s1. The second-order valence-corrected chi connectivity index (χ2v) is 5.38. The van der Waals surface area contributed by atoms with Crippen LogP contribution in [0.5, 0.6) is 0 Å². The number of nitrogens with zero attached hydrogens (tertiary/aromatic N) is 3. The normalized spacial score (nSPS) is 17.7. The maximum absolute atomic E-state index is 12.3. The summed E-state index contributed by atoms with van der Waals surface area (Å²) in [6.45, 7) is 0.628. The second-order valence-electron chi connectivity index (χ2n) is 5.38. The van der Waals surface area contributed by atoms with E-state index in [-0.39, 0.29) is 31.9 Å². The molecule has 8 heteroatoms. The maximum Gasteiger partial charge on any atom is 0.328 e. The minimum atomic E-state index is -1.06. The molecule has 2 aromatic rings. The lowest BCUT2D eigenvalue weighted by Crippen LogP contribution is -2.52. The zero-order valence-electron chi connectivity index (χ0n) is 12.9. The molecule has 0 aliphatic carbocycles. The Morgan fingerprint density at radius 2 is 2.04 bits per heavy atom. The molecule has 2 heterocycles. The predicted octanol–water partition coefficient (Wildman–Crippen LogP) is 0.981. The molecule has 24 heavy (non-hydrogen) atoms. The van der Waals surface area contributed by atoms with Crippen molar-refractivity contribution in [2.45, 2.75) is 18.9 Å². The number of amides is 1. The predicted molar refractivity (Wildman–Crippen MR) is 82.0 cm³/mol. The number of hydrogen-bond donors (Lipinski definition) is 1. The van der Waals surface area contributed by atoms with Crippen LogP contribution in [-0.4, -0.2) is 57.9 Å². The van der Waals surface area contributed by atoms with E-state index < -0.39 is 12.0 Å². The summed E-state index contributed by atoms with van der Waals surface area (Å²) >= 11 is 0. The quantitative estimate of drug-likeness (QED) is 0.870. The van der Waals surface area contributed by atoms with Crippen molar-refractivity contribution in [3.05, 3.63) is 36.2 Å². The van der Waals surface area contributed by atoms with Crippen molar-refractivity contribution >= 4 is 11.9 Å². The van der Waals surface area contributed by atoms with Crippen molar-refractivity contribution in [2.24, 2.45) is 0 Å². The third-order valence-corrected chi connectivity index (χ3v) is 3.77. The first-order chi connectivity index (χ1) is 11.6. The number of benzene rings is 1. The summed E-state index contributed by atoms with van der Waals surface area (Å²) < 4.78 is 10.7. The zero-order valence-corrected chi connectivity index (χ0v) is 12.9. The third kappa shape index (κ3) is 3.60. The van der Waals surface area contributed by atoms with E-state index in [0.29, 0.717) is 18.4 Å². The smallest absolute Gasteiger partial charge is 0.328 e. The molecule has 1 aliphatic heterocycles. The number of ether oxygens (including phenoxy) is 1. The van der Waals surface area contributed by atoms with E-state index in [9.17, 15) is 9.59 Å². The fraction of sp³-hybridized carbons (Fsp3) is 0.375. The molecule has 0 saturated carbocycles. The summed E-state index contributed by atoms with van der Waals surface area (Å²) in [6, 6.07) is 8.40. The van der Waals surface area contributed by atoms with E-state index in [0.717, 1.165) is 5.56 Å². The molecule has 0 radical (unpaired) electrons. The Bertz CT molecular complexity index is 716. The van der Waals surface area contributed by atoms with Crippen LogP contribution in [-0.2, 0) is 20.7 Å². The highest BCUT2D eigenvalue weighted by atomic mass is 16.5. The Morgan fingerprint density at radius 1 is 1.25 bits per heavy atom. The molecule has 1 aromatic heterocycles. The van der Waals surface area contributed by atoms with Crippen LogP contribution in [0.25, 0.3) is 11.5 Å². The summed E-state index contributed by atoms with van der Waals surface area (Å²) in [5.41, 5.74) is 0.807. The highest BCUT2D eigenvalue weighted by Crippen LogP contribution is 2.18. The summed E-state index contributed by atoms with van der Waals surface area (Å²) in [5, 5.41) is 17.1. The highest BCUT2D eigenvalue weighted by Gasteiger charge is 2.32. The minimum Gasteiger partial charge on any atom is -0.480 e. The van der Waals surface area contributed by atoms with Crippen LogP contribution in [0.2, 0.25) is 0 Å². The van der Waals surface area contributed by atoms with Gasteiger partial charge in [0.1, 0.15) is 0 Å². The number of carboxylic acids is 1. The number of aryl methyl sites for hydroxylation is 1. The van der Waals surface area contributed by atoms with Crippen LogP contribution in [0.4, 0.5) is 0 Å². The van der Waals surface area contributed by atoms with E-state index in [1.165, 1.54) is 4.90 Å². The van der Waals surface area contributed by atoms with E-state index in [1.54, 1.807) is 0 Å². The molecule has 3 rings (SSSR count). The molecule has 126 valence electrons. The zero-order chi connectivity index (χ0) is 16.9. The Labute approximate surface area is 138 Å². The van der Waals surface area contributed by atoms with Crippen LogP contribution >= 0.6 is 0 Å². The van der Waals surface area contributed by atoms with Crippen LogP contribution in [0, 0.1) is 0 Å². The van der Waals surface area contributed by atoms with E-state index in [2.05, 4.69) is 10.2 Å². The van der Waals surface area contributed by atoms with Gasteiger partial charge in [0.05, 0.1) is 13.2 Å². The number of hydrogen-bond acceptors (Lipinski definition) is 6. The number of carbonyl (C=O) groups is 2. The molecular weight excluding hydrogens is 314 g/mol. The van der Waals surface area contributed by atoms with E-state index in [4.69, 9.17) is 14.3 Å². The molecule has 1 fully saturated rings. The van der Waals surface area contributed by atoms with Crippen molar-refractivity contribution in [1.29, 1.82) is 0 Å². The van der Waals surface area contributed by atoms with Gasteiger partial charge < -0.3 is 19.2 Å². The van der Waals surface area contributed by atoms with E-state index in [1.807, 2.05) is 30.3 Å². The number of carbonyl (C=O) groups excluding carboxylic acids is 1. The minimum absolute atomic E-state index is 0.0137. The molecule has 8 nitrogen and oxygen atoms in total. The summed E-state index contributed by atoms with van der Waals surface area (Å²) in [4.78, 5) is 24.8. The van der Waals surface area contributed by atoms with Gasteiger partial charge in [0.15, 0.2) is 6.04 Å². The lowest BCUT2D eigenvalue weighted by molar-refractivity contribution is -0.158. The molecule has 1 atom stereocenters. The van der Waals surface area contributed by atoms with Crippen molar-refractivity contribution in [3.8, 4) is 11.5 Å². The van der Waals surface area contributed by atoms with Crippen LogP contribution in [0.3, 0.4) is 0 Å². The van der Waals surface area contributed by atoms with Gasteiger partial charge in [-0.2, -0.15) is 0 Å². The Kier molecular flexibility index (Phi) is 4.85. The van der Waals surface area contributed by atoms with Crippen LogP contribution in [0.1, 0.15) is 12.3 Å². The Balaban J connectivity index is 1.60. The monoisotopic (exact) mass is 331 g/mol. The lowest BCUT2D eigenvalue weighted by atomic mass is 10.2. The van der Waals surface area contributed by atoms with Gasteiger partial charge in [-0.05, 0) is 12.1 Å². The first kappa shape index (κ1) is 16.1. The SMILES string of the molecule is O=C(O)[C@@H]1COCCN1C(=O)CCc1nnc(-c2ccccc2)o1. The van der Waals surface area contributed by atoms with Gasteiger partial charge in [-0.3, -0.25) is 4.79 Å².